The predicted octanol–water partition coefficient (Wildman–Crippen LogP) is 4.00. The molecule has 4 heteroatoms. The SMILES string of the molecule is CCNC(COc1ccc(Cl)cc1)Cc1ccsc1. The zero-order valence-electron chi connectivity index (χ0n) is 10.9. The minimum Gasteiger partial charge on any atom is -0.492 e. The molecule has 0 fully saturated rings. The Bertz CT molecular complexity index is 469. The molecule has 0 amide bonds. The largest absolute Gasteiger partial charge is 0.492 e. The molecule has 2 nitrogen and oxygen atoms in total. The second kappa shape index (κ2) is 7.53. The van der Waals surface area contributed by atoms with Gasteiger partial charge in [-0.3, -0.25) is 0 Å². The maximum atomic E-state index is 5.85. The van der Waals surface area contributed by atoms with Crippen molar-refractivity contribution in [1.29, 1.82) is 0 Å². The zero-order valence-corrected chi connectivity index (χ0v) is 12.5. The molecule has 0 aliphatic carbocycles. The normalized spacial score (nSPS) is 12.3. The smallest absolute Gasteiger partial charge is 0.119 e. The maximum absolute atomic E-state index is 5.85. The van der Waals surface area contributed by atoms with Gasteiger partial charge in [0.05, 0.1) is 0 Å². The van der Waals surface area contributed by atoms with Crippen LogP contribution in [0.3, 0.4) is 0 Å². The van der Waals surface area contributed by atoms with Crippen LogP contribution in [0.1, 0.15) is 12.5 Å². The van der Waals surface area contributed by atoms with Gasteiger partial charge >= 0.3 is 0 Å². The summed E-state index contributed by atoms with van der Waals surface area (Å²) in [5.74, 6) is 0.859. The van der Waals surface area contributed by atoms with E-state index in [-0.39, 0.29) is 0 Å². The van der Waals surface area contributed by atoms with E-state index in [1.54, 1.807) is 11.3 Å². The molecular weight excluding hydrogens is 278 g/mol. The van der Waals surface area contributed by atoms with Gasteiger partial charge in [-0.15, -0.1) is 0 Å². The van der Waals surface area contributed by atoms with Gasteiger partial charge in [-0.25, -0.2) is 0 Å². The Hall–Kier alpha value is -1.03. The number of thiophene rings is 1. The number of rotatable bonds is 7. The molecule has 2 rings (SSSR count). The fourth-order valence-corrected chi connectivity index (χ4v) is 2.71. The minimum absolute atomic E-state index is 0.329. The van der Waals surface area contributed by atoms with Gasteiger partial charge in [0.25, 0.3) is 0 Å². The average Bonchev–Trinajstić information content (AvgIpc) is 2.91. The second-order valence-corrected chi connectivity index (χ2v) is 5.57. The van der Waals surface area contributed by atoms with Crippen molar-refractivity contribution in [2.75, 3.05) is 13.2 Å². The summed E-state index contributed by atoms with van der Waals surface area (Å²) in [5, 5.41) is 8.48. The number of likely N-dealkylation sites (N-methyl/N-ethyl adjacent to an activating group) is 1. The van der Waals surface area contributed by atoms with Gasteiger partial charge in [-0.2, -0.15) is 11.3 Å². The summed E-state index contributed by atoms with van der Waals surface area (Å²) in [6.07, 6.45) is 0.991. The summed E-state index contributed by atoms with van der Waals surface area (Å²) in [6.45, 7) is 3.72. The molecule has 2 aromatic rings. The van der Waals surface area contributed by atoms with E-state index in [2.05, 4.69) is 29.1 Å². The Morgan fingerprint density at radius 1 is 1.26 bits per heavy atom. The van der Waals surface area contributed by atoms with Gasteiger partial charge in [0, 0.05) is 11.1 Å². The van der Waals surface area contributed by atoms with Crippen molar-refractivity contribution in [3.05, 3.63) is 51.7 Å². The van der Waals surface area contributed by atoms with Crippen LogP contribution in [0.4, 0.5) is 0 Å². The molecule has 19 heavy (non-hydrogen) atoms. The molecule has 1 atom stereocenters. The number of nitrogens with one attached hydrogen (secondary N) is 1. The van der Waals surface area contributed by atoms with E-state index in [9.17, 15) is 0 Å². The summed E-state index contributed by atoms with van der Waals surface area (Å²) >= 11 is 7.58. The van der Waals surface area contributed by atoms with Crippen molar-refractivity contribution in [1.82, 2.24) is 5.32 Å². The third kappa shape index (κ3) is 4.86. The van der Waals surface area contributed by atoms with Gasteiger partial charge in [0.15, 0.2) is 0 Å². The lowest BCUT2D eigenvalue weighted by Crippen LogP contribution is -2.36. The van der Waals surface area contributed by atoms with Gasteiger partial charge < -0.3 is 10.1 Å². The van der Waals surface area contributed by atoms with Crippen molar-refractivity contribution in [3.8, 4) is 5.75 Å². The van der Waals surface area contributed by atoms with Gasteiger partial charge in [-0.1, -0.05) is 18.5 Å². The number of ether oxygens (including phenoxy) is 1. The van der Waals surface area contributed by atoms with Crippen LogP contribution in [-0.2, 0) is 6.42 Å². The van der Waals surface area contributed by atoms with E-state index in [0.29, 0.717) is 12.6 Å². The topological polar surface area (TPSA) is 21.3 Å². The molecule has 1 aromatic heterocycles. The Kier molecular flexibility index (Phi) is 5.70. The molecule has 1 unspecified atom stereocenters. The molecule has 1 N–H and O–H groups in total. The standard InChI is InChI=1S/C15H18ClNOS/c1-2-17-14(9-12-7-8-19-11-12)10-18-15-5-3-13(16)4-6-15/h3-8,11,14,17H,2,9-10H2,1H3. The van der Waals surface area contributed by atoms with Crippen LogP contribution in [0, 0.1) is 0 Å². The molecule has 0 aliphatic heterocycles. The Balaban J connectivity index is 1.87. The first-order chi connectivity index (χ1) is 9.28. The van der Waals surface area contributed by atoms with Crippen LogP contribution >= 0.6 is 22.9 Å². The lowest BCUT2D eigenvalue weighted by molar-refractivity contribution is 0.265. The van der Waals surface area contributed by atoms with Crippen molar-refractivity contribution in [2.24, 2.45) is 0 Å². The first-order valence-electron chi connectivity index (χ1n) is 6.40. The first-order valence-corrected chi connectivity index (χ1v) is 7.73. The van der Waals surface area contributed by atoms with Crippen LogP contribution in [-0.4, -0.2) is 19.2 Å². The summed E-state index contributed by atoms with van der Waals surface area (Å²) in [5.41, 5.74) is 1.36. The molecule has 0 radical (unpaired) electrons. The molecule has 102 valence electrons. The van der Waals surface area contributed by atoms with E-state index in [0.717, 1.165) is 23.7 Å². The Morgan fingerprint density at radius 2 is 2.05 bits per heavy atom. The highest BCUT2D eigenvalue weighted by Crippen LogP contribution is 2.16. The van der Waals surface area contributed by atoms with E-state index in [4.69, 9.17) is 16.3 Å². The highest BCUT2D eigenvalue weighted by molar-refractivity contribution is 7.07. The maximum Gasteiger partial charge on any atom is 0.119 e. The van der Waals surface area contributed by atoms with Gasteiger partial charge in [-0.05, 0) is 59.6 Å². The lowest BCUT2D eigenvalue weighted by atomic mass is 10.1. The fourth-order valence-electron chi connectivity index (χ4n) is 1.90. The predicted molar refractivity (Wildman–Crippen MR) is 82.4 cm³/mol. The van der Waals surface area contributed by atoms with Crippen LogP contribution in [0.5, 0.6) is 5.75 Å². The highest BCUT2D eigenvalue weighted by atomic mass is 35.5. The second-order valence-electron chi connectivity index (χ2n) is 4.36. The molecule has 1 heterocycles. The molecule has 0 saturated heterocycles. The Morgan fingerprint density at radius 3 is 2.68 bits per heavy atom. The van der Waals surface area contributed by atoms with Crippen LogP contribution in [0.2, 0.25) is 5.02 Å². The summed E-state index contributed by atoms with van der Waals surface area (Å²) in [7, 11) is 0. The minimum atomic E-state index is 0.329. The van der Waals surface area contributed by atoms with E-state index < -0.39 is 0 Å². The van der Waals surface area contributed by atoms with Crippen molar-refractivity contribution in [2.45, 2.75) is 19.4 Å². The number of halogens is 1. The molecular formula is C15H18ClNOS. The third-order valence-corrected chi connectivity index (χ3v) is 3.80. The van der Waals surface area contributed by atoms with E-state index in [1.807, 2.05) is 24.3 Å². The molecule has 0 saturated carbocycles. The molecule has 0 spiro atoms. The number of hydrogen-bond acceptors (Lipinski definition) is 3. The lowest BCUT2D eigenvalue weighted by Gasteiger charge is -2.18. The van der Waals surface area contributed by atoms with Crippen molar-refractivity contribution < 1.29 is 4.74 Å². The average molecular weight is 296 g/mol. The first kappa shape index (κ1) is 14.4. The van der Waals surface area contributed by atoms with Crippen LogP contribution < -0.4 is 10.1 Å². The third-order valence-electron chi connectivity index (χ3n) is 2.82. The van der Waals surface area contributed by atoms with Gasteiger partial charge in [0.1, 0.15) is 12.4 Å². The van der Waals surface area contributed by atoms with Crippen molar-refractivity contribution in [3.63, 3.8) is 0 Å². The van der Waals surface area contributed by atoms with E-state index in [1.165, 1.54) is 5.56 Å². The monoisotopic (exact) mass is 295 g/mol. The van der Waals surface area contributed by atoms with Crippen LogP contribution in [0.15, 0.2) is 41.1 Å². The number of benzene rings is 1. The number of hydrogen-bond donors (Lipinski definition) is 1. The quantitative estimate of drug-likeness (QED) is 0.833. The molecule has 1 aromatic carbocycles. The molecule has 0 bridgehead atoms. The van der Waals surface area contributed by atoms with E-state index >= 15 is 0 Å². The van der Waals surface area contributed by atoms with Crippen LogP contribution in [0.25, 0.3) is 0 Å². The van der Waals surface area contributed by atoms with Gasteiger partial charge in [0.2, 0.25) is 0 Å². The summed E-state index contributed by atoms with van der Waals surface area (Å²) in [6, 6.07) is 9.98. The summed E-state index contributed by atoms with van der Waals surface area (Å²) in [4.78, 5) is 0. The van der Waals surface area contributed by atoms with Crippen molar-refractivity contribution >= 4 is 22.9 Å². The highest BCUT2D eigenvalue weighted by Gasteiger charge is 2.09. The fraction of sp³-hybridized carbons (Fsp3) is 0.333. The molecule has 0 aliphatic rings. The summed E-state index contributed by atoms with van der Waals surface area (Å²) < 4.78 is 5.81. The Labute approximate surface area is 123 Å². The zero-order chi connectivity index (χ0) is 13.5.